The van der Waals surface area contributed by atoms with Crippen molar-refractivity contribution >= 4 is 27.1 Å². The quantitative estimate of drug-likeness (QED) is 0.677. The molecule has 0 atom stereocenters. The number of benzene rings is 1. The van der Waals surface area contributed by atoms with Crippen LogP contribution < -0.4 is 5.32 Å². The van der Waals surface area contributed by atoms with E-state index in [4.69, 9.17) is 0 Å². The van der Waals surface area contributed by atoms with Gasteiger partial charge in [0.05, 0.1) is 16.8 Å². The van der Waals surface area contributed by atoms with Gasteiger partial charge in [0.2, 0.25) is 10.0 Å². The molecule has 0 unspecified atom stereocenters. The van der Waals surface area contributed by atoms with E-state index in [9.17, 15) is 13.2 Å². The highest BCUT2D eigenvalue weighted by Crippen LogP contribution is 2.36. The Kier molecular flexibility index (Phi) is 4.79. The molecule has 0 spiro atoms. The van der Waals surface area contributed by atoms with Crippen molar-refractivity contribution in [3.05, 3.63) is 54.5 Å². The number of hydrogen-bond acceptors (Lipinski definition) is 5. The normalized spacial score (nSPS) is 18.5. The van der Waals surface area contributed by atoms with Gasteiger partial charge in [-0.1, -0.05) is 18.2 Å². The molecule has 0 bridgehead atoms. The fourth-order valence-corrected chi connectivity index (χ4v) is 5.40. The summed E-state index contributed by atoms with van der Waals surface area (Å²) >= 11 is 0. The zero-order valence-electron chi connectivity index (χ0n) is 16.4. The summed E-state index contributed by atoms with van der Waals surface area (Å²) < 4.78 is 29.0. The second-order valence-electron chi connectivity index (χ2n) is 7.91. The number of pyridine rings is 1. The van der Waals surface area contributed by atoms with E-state index < -0.39 is 10.0 Å². The van der Waals surface area contributed by atoms with E-state index in [-0.39, 0.29) is 11.9 Å². The second-order valence-corrected chi connectivity index (χ2v) is 9.85. The van der Waals surface area contributed by atoms with Gasteiger partial charge >= 0.3 is 0 Å². The zero-order valence-corrected chi connectivity index (χ0v) is 17.3. The molecule has 1 amide bonds. The molecule has 5 rings (SSSR count). The van der Waals surface area contributed by atoms with Crippen LogP contribution in [0.5, 0.6) is 0 Å². The molecule has 1 aliphatic heterocycles. The Morgan fingerprint density at radius 1 is 1.03 bits per heavy atom. The molecular weight excluding hydrogens is 402 g/mol. The highest BCUT2D eigenvalue weighted by Gasteiger charge is 2.30. The highest BCUT2D eigenvalue weighted by atomic mass is 32.2. The molecule has 1 N–H and O–H groups in total. The number of hydrogen-bond donors (Lipinski definition) is 1. The van der Waals surface area contributed by atoms with Crippen LogP contribution in [0.15, 0.2) is 53.8 Å². The van der Waals surface area contributed by atoms with E-state index in [1.54, 1.807) is 48.9 Å². The minimum atomic E-state index is -3.49. The molecular formula is C21H23N5O3S. The Morgan fingerprint density at radius 2 is 1.77 bits per heavy atom. The van der Waals surface area contributed by atoms with Crippen LogP contribution in [-0.2, 0) is 10.0 Å². The average Bonchev–Trinajstić information content (AvgIpc) is 3.53. The highest BCUT2D eigenvalue weighted by molar-refractivity contribution is 7.89. The topological polar surface area (TPSA) is 97.2 Å². The summed E-state index contributed by atoms with van der Waals surface area (Å²) in [6.45, 7) is 0.760. The van der Waals surface area contributed by atoms with Crippen LogP contribution in [0, 0.1) is 0 Å². The third kappa shape index (κ3) is 3.59. The molecule has 1 saturated carbocycles. The lowest BCUT2D eigenvalue weighted by Crippen LogP contribution is -2.46. The minimum Gasteiger partial charge on any atom is -0.349 e. The van der Waals surface area contributed by atoms with Gasteiger partial charge in [-0.15, -0.1) is 0 Å². The van der Waals surface area contributed by atoms with E-state index in [0.717, 1.165) is 24.0 Å². The van der Waals surface area contributed by atoms with Crippen molar-refractivity contribution in [1.82, 2.24) is 24.2 Å². The number of rotatable bonds is 5. The monoisotopic (exact) mass is 425 g/mol. The van der Waals surface area contributed by atoms with Gasteiger partial charge in [0.25, 0.3) is 5.91 Å². The predicted octanol–water partition coefficient (Wildman–Crippen LogP) is 2.35. The third-order valence-electron chi connectivity index (χ3n) is 5.79. The van der Waals surface area contributed by atoms with Crippen molar-refractivity contribution in [2.45, 2.75) is 42.7 Å². The Morgan fingerprint density at radius 3 is 2.47 bits per heavy atom. The molecule has 3 heterocycles. The van der Waals surface area contributed by atoms with Crippen LogP contribution >= 0.6 is 0 Å². The number of piperidine rings is 1. The number of aromatic nitrogens is 3. The maximum Gasteiger partial charge on any atom is 0.253 e. The van der Waals surface area contributed by atoms with Crippen LogP contribution in [0.2, 0.25) is 0 Å². The minimum absolute atomic E-state index is 0.0700. The predicted molar refractivity (Wildman–Crippen MR) is 111 cm³/mol. The summed E-state index contributed by atoms with van der Waals surface area (Å²) in [6, 6.07) is 10.6. The summed E-state index contributed by atoms with van der Waals surface area (Å²) in [5.41, 5.74) is 2.01. The molecule has 1 saturated heterocycles. The number of sulfonamides is 1. The lowest BCUT2D eigenvalue weighted by atomic mass is 10.1. The first kappa shape index (κ1) is 19.2. The standard InChI is InChI=1S/C21H23N5O3S/c27-21(15-12-19-20(22-13-15)26(14-23-19)17-6-7-17)24-16-8-10-25(11-9-16)30(28,29)18-4-2-1-3-5-18/h1-5,12-14,16-17H,6-11H2,(H,24,27). The fraction of sp³-hybridized carbons (Fsp3) is 0.381. The van der Waals surface area contributed by atoms with Crippen molar-refractivity contribution in [1.29, 1.82) is 0 Å². The molecule has 2 aromatic heterocycles. The summed E-state index contributed by atoms with van der Waals surface area (Å²) in [7, 11) is -3.49. The summed E-state index contributed by atoms with van der Waals surface area (Å²) in [6.07, 6.45) is 6.82. The first-order chi connectivity index (χ1) is 14.5. The molecule has 156 valence electrons. The van der Waals surface area contributed by atoms with Crippen molar-refractivity contribution in [2.24, 2.45) is 0 Å². The first-order valence-corrected chi connectivity index (χ1v) is 11.6. The van der Waals surface area contributed by atoms with E-state index in [0.29, 0.717) is 42.4 Å². The van der Waals surface area contributed by atoms with Crippen LogP contribution in [0.4, 0.5) is 0 Å². The van der Waals surface area contributed by atoms with Crippen LogP contribution in [0.3, 0.4) is 0 Å². The van der Waals surface area contributed by atoms with E-state index in [1.165, 1.54) is 4.31 Å². The number of fused-ring (bicyclic) bond motifs is 1. The second kappa shape index (κ2) is 7.48. The third-order valence-corrected chi connectivity index (χ3v) is 7.70. The maximum absolute atomic E-state index is 12.7. The molecule has 0 radical (unpaired) electrons. The molecule has 2 aliphatic rings. The smallest absolute Gasteiger partial charge is 0.253 e. The van der Waals surface area contributed by atoms with Crippen molar-refractivity contribution in [3.8, 4) is 0 Å². The SMILES string of the molecule is O=C(NC1CCN(S(=O)(=O)c2ccccc2)CC1)c1cnc2c(c1)ncn2C1CC1. The first-order valence-electron chi connectivity index (χ1n) is 10.2. The lowest BCUT2D eigenvalue weighted by Gasteiger charge is -2.31. The Bertz CT molecular complexity index is 1180. The van der Waals surface area contributed by atoms with Gasteiger partial charge in [-0.3, -0.25) is 4.79 Å². The number of carbonyl (C=O) groups is 1. The fourth-order valence-electron chi connectivity index (χ4n) is 3.91. The van der Waals surface area contributed by atoms with Gasteiger partial charge in [0.15, 0.2) is 5.65 Å². The molecule has 2 fully saturated rings. The number of carbonyl (C=O) groups excluding carboxylic acids is 1. The number of imidazole rings is 1. The van der Waals surface area contributed by atoms with Gasteiger partial charge in [-0.2, -0.15) is 4.31 Å². The van der Waals surface area contributed by atoms with Crippen molar-refractivity contribution in [3.63, 3.8) is 0 Å². The largest absolute Gasteiger partial charge is 0.349 e. The Labute approximate surface area is 175 Å². The number of nitrogens with one attached hydrogen (secondary N) is 1. The lowest BCUT2D eigenvalue weighted by molar-refractivity contribution is 0.0923. The maximum atomic E-state index is 12.7. The van der Waals surface area contributed by atoms with Gasteiger partial charge in [0.1, 0.15) is 5.52 Å². The van der Waals surface area contributed by atoms with E-state index in [2.05, 4.69) is 19.9 Å². The molecule has 1 aromatic carbocycles. The van der Waals surface area contributed by atoms with E-state index in [1.807, 2.05) is 0 Å². The summed E-state index contributed by atoms with van der Waals surface area (Å²) in [5, 5.41) is 3.02. The molecule has 1 aliphatic carbocycles. The van der Waals surface area contributed by atoms with Crippen LogP contribution in [0.25, 0.3) is 11.2 Å². The Hall–Kier alpha value is -2.78. The summed E-state index contributed by atoms with van der Waals surface area (Å²) in [4.78, 5) is 21.8. The zero-order chi connectivity index (χ0) is 20.7. The van der Waals surface area contributed by atoms with Crippen molar-refractivity contribution in [2.75, 3.05) is 13.1 Å². The van der Waals surface area contributed by atoms with Gasteiger partial charge in [-0.25, -0.2) is 18.4 Å². The van der Waals surface area contributed by atoms with Gasteiger partial charge < -0.3 is 9.88 Å². The van der Waals surface area contributed by atoms with Crippen LogP contribution in [0.1, 0.15) is 42.1 Å². The average molecular weight is 426 g/mol. The Balaban J connectivity index is 1.22. The molecule has 8 nitrogen and oxygen atoms in total. The van der Waals surface area contributed by atoms with Gasteiger partial charge in [0, 0.05) is 31.4 Å². The molecule has 9 heteroatoms. The van der Waals surface area contributed by atoms with Gasteiger partial charge in [-0.05, 0) is 43.9 Å². The van der Waals surface area contributed by atoms with Crippen molar-refractivity contribution < 1.29 is 13.2 Å². The molecule has 30 heavy (non-hydrogen) atoms. The van der Waals surface area contributed by atoms with Crippen LogP contribution in [-0.4, -0.2) is 52.3 Å². The molecule has 3 aromatic rings. The van der Waals surface area contributed by atoms with E-state index >= 15 is 0 Å². The number of nitrogens with zero attached hydrogens (tertiary/aromatic N) is 4. The number of amides is 1. The summed E-state index contributed by atoms with van der Waals surface area (Å²) in [5.74, 6) is -0.199.